The number of aldehydes is 1. The van der Waals surface area contributed by atoms with E-state index < -0.39 is 0 Å². The van der Waals surface area contributed by atoms with Gasteiger partial charge in [-0.3, -0.25) is 4.79 Å². The Kier molecular flexibility index (Phi) is 4.56. The molecule has 0 fully saturated rings. The normalized spacial score (nSPS) is 10.7. The highest BCUT2D eigenvalue weighted by molar-refractivity contribution is 5.91. The van der Waals surface area contributed by atoms with Crippen molar-refractivity contribution in [2.24, 2.45) is 0 Å². The molecule has 2 N–H and O–H groups in total. The summed E-state index contributed by atoms with van der Waals surface area (Å²) in [5, 5.41) is 4.48. The zero-order chi connectivity index (χ0) is 14.5. The topological polar surface area (TPSA) is 60.9 Å². The number of aryl methyl sites for hydroxylation is 2. The Balaban J connectivity index is 2.40. The van der Waals surface area contributed by atoms with Crippen LogP contribution in [0.3, 0.4) is 0 Å². The van der Waals surface area contributed by atoms with Crippen LogP contribution in [0.4, 0.5) is 5.82 Å². The summed E-state index contributed by atoms with van der Waals surface area (Å²) in [5.74, 6) is 0.453. The first-order chi connectivity index (χ1) is 9.71. The summed E-state index contributed by atoms with van der Waals surface area (Å²) in [7, 11) is 0. The molecule has 0 aliphatic heterocycles. The Morgan fingerprint density at radius 3 is 2.45 bits per heavy atom. The zero-order valence-corrected chi connectivity index (χ0v) is 12.1. The standard InChI is InChI=1S/C16H21N3O/c1-3-5-12-6-8-13(9-7-12)15-14(11-20)16(17)19(18-15)10-4-2/h6-9,11H,3-5,10,17H2,1-2H3. The molecule has 0 saturated heterocycles. The highest BCUT2D eigenvalue weighted by atomic mass is 16.1. The second kappa shape index (κ2) is 6.37. The average molecular weight is 271 g/mol. The summed E-state index contributed by atoms with van der Waals surface area (Å²) in [6.07, 6.45) is 3.91. The van der Waals surface area contributed by atoms with Crippen molar-refractivity contribution in [1.29, 1.82) is 0 Å². The quantitative estimate of drug-likeness (QED) is 0.820. The summed E-state index contributed by atoms with van der Waals surface area (Å²) >= 11 is 0. The molecular formula is C16H21N3O. The molecule has 4 nitrogen and oxygen atoms in total. The molecule has 0 amide bonds. The van der Waals surface area contributed by atoms with Crippen molar-refractivity contribution < 1.29 is 4.79 Å². The smallest absolute Gasteiger partial charge is 0.156 e. The van der Waals surface area contributed by atoms with Crippen LogP contribution in [-0.4, -0.2) is 16.1 Å². The highest BCUT2D eigenvalue weighted by Crippen LogP contribution is 2.26. The largest absolute Gasteiger partial charge is 0.383 e. The van der Waals surface area contributed by atoms with Gasteiger partial charge in [-0.25, -0.2) is 4.68 Å². The summed E-state index contributed by atoms with van der Waals surface area (Å²) in [6.45, 7) is 4.94. The number of carbonyl (C=O) groups is 1. The molecule has 0 aliphatic carbocycles. The molecule has 4 heteroatoms. The first kappa shape index (κ1) is 14.3. The van der Waals surface area contributed by atoms with Gasteiger partial charge in [0.05, 0.1) is 5.56 Å². The molecule has 2 aromatic rings. The number of hydrogen-bond acceptors (Lipinski definition) is 3. The lowest BCUT2D eigenvalue weighted by Crippen LogP contribution is -2.04. The minimum absolute atomic E-state index is 0.453. The van der Waals surface area contributed by atoms with Crippen LogP contribution in [0.15, 0.2) is 24.3 Å². The van der Waals surface area contributed by atoms with E-state index in [0.29, 0.717) is 17.1 Å². The van der Waals surface area contributed by atoms with Gasteiger partial charge < -0.3 is 5.73 Å². The third-order valence-corrected chi connectivity index (χ3v) is 3.35. The SMILES string of the molecule is CCCc1ccc(-c2nn(CCC)c(N)c2C=O)cc1. The molecule has 0 spiro atoms. The summed E-state index contributed by atoms with van der Waals surface area (Å²) in [6, 6.07) is 8.19. The summed E-state index contributed by atoms with van der Waals surface area (Å²) in [5.41, 5.74) is 9.38. The number of rotatable bonds is 6. The van der Waals surface area contributed by atoms with Gasteiger partial charge in [0.1, 0.15) is 11.5 Å². The second-order valence-corrected chi connectivity index (χ2v) is 4.94. The van der Waals surface area contributed by atoms with Crippen molar-refractivity contribution in [2.45, 2.75) is 39.7 Å². The molecule has 20 heavy (non-hydrogen) atoms. The molecule has 0 radical (unpaired) electrons. The lowest BCUT2D eigenvalue weighted by molar-refractivity contribution is 0.112. The van der Waals surface area contributed by atoms with E-state index in [0.717, 1.165) is 37.7 Å². The van der Waals surface area contributed by atoms with Crippen molar-refractivity contribution in [1.82, 2.24) is 9.78 Å². The number of nitrogen functional groups attached to an aromatic ring is 1. The van der Waals surface area contributed by atoms with Gasteiger partial charge in [0.25, 0.3) is 0 Å². The van der Waals surface area contributed by atoms with Gasteiger partial charge in [-0.1, -0.05) is 44.5 Å². The maximum Gasteiger partial charge on any atom is 0.156 e. The minimum atomic E-state index is 0.453. The monoisotopic (exact) mass is 271 g/mol. The van der Waals surface area contributed by atoms with Crippen molar-refractivity contribution in [2.75, 3.05) is 5.73 Å². The van der Waals surface area contributed by atoms with Gasteiger partial charge in [0, 0.05) is 12.1 Å². The molecule has 1 aromatic carbocycles. The van der Waals surface area contributed by atoms with E-state index in [1.54, 1.807) is 4.68 Å². The maximum atomic E-state index is 11.3. The fraction of sp³-hybridized carbons (Fsp3) is 0.375. The molecule has 2 rings (SSSR count). The minimum Gasteiger partial charge on any atom is -0.383 e. The number of hydrogen-bond donors (Lipinski definition) is 1. The van der Waals surface area contributed by atoms with Crippen LogP contribution < -0.4 is 5.73 Å². The first-order valence-electron chi connectivity index (χ1n) is 7.12. The van der Waals surface area contributed by atoms with E-state index in [1.165, 1.54) is 5.56 Å². The number of carbonyl (C=O) groups excluding carboxylic acids is 1. The molecule has 1 heterocycles. The highest BCUT2D eigenvalue weighted by Gasteiger charge is 2.16. The molecule has 0 atom stereocenters. The number of benzene rings is 1. The number of nitrogens with zero attached hydrogens (tertiary/aromatic N) is 2. The Morgan fingerprint density at radius 2 is 1.90 bits per heavy atom. The molecular weight excluding hydrogens is 250 g/mol. The van der Waals surface area contributed by atoms with Crippen LogP contribution in [0.5, 0.6) is 0 Å². The third-order valence-electron chi connectivity index (χ3n) is 3.35. The fourth-order valence-electron chi connectivity index (χ4n) is 2.32. The van der Waals surface area contributed by atoms with E-state index in [1.807, 2.05) is 12.1 Å². The third kappa shape index (κ3) is 2.74. The summed E-state index contributed by atoms with van der Waals surface area (Å²) < 4.78 is 1.71. The summed E-state index contributed by atoms with van der Waals surface area (Å²) in [4.78, 5) is 11.3. The van der Waals surface area contributed by atoms with Crippen LogP contribution in [0.2, 0.25) is 0 Å². The number of nitrogens with two attached hydrogens (primary N) is 1. The van der Waals surface area contributed by atoms with Crippen LogP contribution in [0.1, 0.15) is 42.6 Å². The van der Waals surface area contributed by atoms with Crippen LogP contribution >= 0.6 is 0 Å². The van der Waals surface area contributed by atoms with E-state index >= 15 is 0 Å². The lowest BCUT2D eigenvalue weighted by Gasteiger charge is -2.01. The van der Waals surface area contributed by atoms with E-state index in [9.17, 15) is 4.79 Å². The van der Waals surface area contributed by atoms with Crippen LogP contribution in [-0.2, 0) is 13.0 Å². The molecule has 0 saturated carbocycles. The average Bonchev–Trinajstić information content (AvgIpc) is 2.77. The van der Waals surface area contributed by atoms with Gasteiger partial charge in [-0.05, 0) is 18.4 Å². The molecule has 0 aliphatic rings. The van der Waals surface area contributed by atoms with Crippen molar-refractivity contribution in [3.8, 4) is 11.3 Å². The van der Waals surface area contributed by atoms with Gasteiger partial charge >= 0.3 is 0 Å². The Morgan fingerprint density at radius 1 is 1.20 bits per heavy atom. The van der Waals surface area contributed by atoms with E-state index in [4.69, 9.17) is 5.73 Å². The lowest BCUT2D eigenvalue weighted by atomic mass is 10.0. The van der Waals surface area contributed by atoms with Crippen molar-refractivity contribution in [3.63, 3.8) is 0 Å². The van der Waals surface area contributed by atoms with E-state index in [2.05, 4.69) is 31.1 Å². The van der Waals surface area contributed by atoms with Gasteiger partial charge in [0.2, 0.25) is 0 Å². The molecule has 0 bridgehead atoms. The predicted molar refractivity (Wildman–Crippen MR) is 81.7 cm³/mol. The van der Waals surface area contributed by atoms with Gasteiger partial charge in [-0.2, -0.15) is 5.10 Å². The Labute approximate surface area is 119 Å². The predicted octanol–water partition coefficient (Wildman–Crippen LogP) is 3.31. The van der Waals surface area contributed by atoms with Crippen molar-refractivity contribution in [3.05, 3.63) is 35.4 Å². The molecule has 1 aromatic heterocycles. The van der Waals surface area contributed by atoms with Crippen molar-refractivity contribution >= 4 is 12.1 Å². The van der Waals surface area contributed by atoms with Crippen LogP contribution in [0.25, 0.3) is 11.3 Å². The molecule has 0 unspecified atom stereocenters. The second-order valence-electron chi connectivity index (χ2n) is 4.94. The number of aromatic nitrogens is 2. The first-order valence-corrected chi connectivity index (χ1v) is 7.12. The van der Waals surface area contributed by atoms with Crippen LogP contribution in [0, 0.1) is 0 Å². The van der Waals surface area contributed by atoms with E-state index in [-0.39, 0.29) is 0 Å². The van der Waals surface area contributed by atoms with Gasteiger partial charge in [0.15, 0.2) is 6.29 Å². The molecule has 106 valence electrons. The Hall–Kier alpha value is -2.10. The number of anilines is 1. The maximum absolute atomic E-state index is 11.3. The van der Waals surface area contributed by atoms with Gasteiger partial charge in [-0.15, -0.1) is 0 Å². The zero-order valence-electron chi connectivity index (χ0n) is 12.1. The Bertz CT molecular complexity index is 585. The fourth-order valence-corrected chi connectivity index (χ4v) is 2.32.